The minimum absolute atomic E-state index is 0.0594. The number of carbonyl (C=O) groups excluding carboxylic acids is 3. The first-order valence-electron chi connectivity index (χ1n) is 14.9. The molecule has 3 heterocycles. The van der Waals surface area contributed by atoms with Crippen molar-refractivity contribution in [1.29, 1.82) is 0 Å². The van der Waals surface area contributed by atoms with Crippen LogP contribution in [0.15, 0.2) is 41.8 Å². The van der Waals surface area contributed by atoms with Crippen LogP contribution in [0.25, 0.3) is 0 Å². The molecule has 0 radical (unpaired) electrons. The third-order valence-corrected chi connectivity index (χ3v) is 8.61. The molecule has 2 saturated carbocycles. The maximum atomic E-state index is 14.0. The number of oxime groups is 1. The standard InChI is InChI=1S/C30H39N5O7/c36-26-25-16-23(42-32-18-20-12-14-31-15-13-20)19-35(25)27(37)24(33-29(40)41-22-9-6-7-10-22)11-5-3-1-2-4-8-21-17-30(21,34-26)28(38)39/h4,8,12-15,18,21-25H,1-3,5-7,9-11,16-17,19H2,(H,33,40)(H,34,36)(H,38,39)/b8-4-,32-18+/t21-,23-,24+,25+,30?/m1/s1. The van der Waals surface area contributed by atoms with Crippen LogP contribution in [0.2, 0.25) is 0 Å². The molecule has 1 aromatic heterocycles. The van der Waals surface area contributed by atoms with Crippen LogP contribution in [-0.2, 0) is 24.0 Å². The highest BCUT2D eigenvalue weighted by Gasteiger charge is 2.61. The van der Waals surface area contributed by atoms with Crippen LogP contribution in [0.4, 0.5) is 4.79 Å². The van der Waals surface area contributed by atoms with Crippen molar-refractivity contribution < 1.29 is 33.9 Å². The fourth-order valence-corrected chi connectivity index (χ4v) is 6.10. The van der Waals surface area contributed by atoms with Crippen molar-refractivity contribution >= 4 is 30.1 Å². The van der Waals surface area contributed by atoms with Crippen LogP contribution in [0.5, 0.6) is 0 Å². The summed E-state index contributed by atoms with van der Waals surface area (Å²) in [6.07, 6.45) is 14.8. The number of nitrogens with one attached hydrogen (secondary N) is 2. The topological polar surface area (TPSA) is 160 Å². The van der Waals surface area contributed by atoms with Crippen molar-refractivity contribution in [3.05, 3.63) is 42.2 Å². The van der Waals surface area contributed by atoms with Crippen molar-refractivity contribution in [2.45, 2.75) is 100 Å². The number of rotatable bonds is 6. The summed E-state index contributed by atoms with van der Waals surface area (Å²) in [4.78, 5) is 63.7. The van der Waals surface area contributed by atoms with Gasteiger partial charge in [0.2, 0.25) is 11.8 Å². The lowest BCUT2D eigenvalue weighted by molar-refractivity contribution is -0.145. The van der Waals surface area contributed by atoms with Crippen molar-refractivity contribution in [2.24, 2.45) is 11.1 Å². The molecule has 1 saturated heterocycles. The van der Waals surface area contributed by atoms with Gasteiger partial charge in [-0.3, -0.25) is 14.6 Å². The maximum absolute atomic E-state index is 14.0. The predicted octanol–water partition coefficient (Wildman–Crippen LogP) is 2.92. The molecule has 2 aliphatic heterocycles. The van der Waals surface area contributed by atoms with Gasteiger partial charge in [0.15, 0.2) is 0 Å². The molecule has 2 aliphatic carbocycles. The molecule has 1 aromatic rings. The summed E-state index contributed by atoms with van der Waals surface area (Å²) in [6, 6.07) is 1.64. The molecule has 0 spiro atoms. The first-order chi connectivity index (χ1) is 20.4. The number of amides is 3. The largest absolute Gasteiger partial charge is 0.479 e. The Morgan fingerprint density at radius 3 is 2.62 bits per heavy atom. The minimum Gasteiger partial charge on any atom is -0.479 e. The summed E-state index contributed by atoms with van der Waals surface area (Å²) in [6.45, 7) is 0.0594. The van der Waals surface area contributed by atoms with Gasteiger partial charge in [0.05, 0.1) is 12.8 Å². The number of hydrogen-bond donors (Lipinski definition) is 3. The quantitative estimate of drug-likeness (QED) is 0.263. The van der Waals surface area contributed by atoms with E-state index >= 15 is 0 Å². The van der Waals surface area contributed by atoms with Gasteiger partial charge in [-0.05, 0) is 69.1 Å². The minimum atomic E-state index is -1.40. The summed E-state index contributed by atoms with van der Waals surface area (Å²) >= 11 is 0. The number of aromatic nitrogens is 1. The Balaban J connectivity index is 1.35. The van der Waals surface area contributed by atoms with E-state index in [2.05, 4.69) is 20.8 Å². The average Bonchev–Trinajstić information content (AvgIpc) is 3.27. The second kappa shape index (κ2) is 13.3. The Labute approximate surface area is 244 Å². The first-order valence-corrected chi connectivity index (χ1v) is 14.9. The number of carbonyl (C=O) groups is 4. The number of hydrogen-bond acceptors (Lipinski definition) is 8. The van der Waals surface area contributed by atoms with E-state index in [1.807, 2.05) is 12.2 Å². The lowest BCUT2D eigenvalue weighted by Crippen LogP contribution is -2.56. The molecule has 3 N–H and O–H groups in total. The first kappa shape index (κ1) is 29.5. The molecule has 226 valence electrons. The molecule has 42 heavy (non-hydrogen) atoms. The van der Waals surface area contributed by atoms with E-state index in [4.69, 9.17) is 9.57 Å². The molecule has 3 fully saturated rings. The van der Waals surface area contributed by atoms with E-state index in [0.29, 0.717) is 19.3 Å². The van der Waals surface area contributed by atoms with Gasteiger partial charge >= 0.3 is 12.1 Å². The van der Waals surface area contributed by atoms with Crippen LogP contribution < -0.4 is 10.6 Å². The van der Waals surface area contributed by atoms with Gasteiger partial charge in [0.1, 0.15) is 29.8 Å². The molecular formula is C30H39N5O7. The van der Waals surface area contributed by atoms with Crippen LogP contribution in [-0.4, -0.2) is 81.5 Å². The molecule has 12 nitrogen and oxygen atoms in total. The number of allylic oxidation sites excluding steroid dienone is 1. The molecule has 4 aliphatic rings. The van der Waals surface area contributed by atoms with Gasteiger partial charge < -0.3 is 30.2 Å². The van der Waals surface area contributed by atoms with Gasteiger partial charge in [-0.25, -0.2) is 9.59 Å². The highest BCUT2D eigenvalue weighted by molar-refractivity contribution is 5.96. The number of nitrogens with zero attached hydrogens (tertiary/aromatic N) is 3. The van der Waals surface area contributed by atoms with Crippen molar-refractivity contribution in [3.63, 3.8) is 0 Å². The van der Waals surface area contributed by atoms with E-state index in [9.17, 15) is 24.3 Å². The normalized spacial score (nSPS) is 31.3. The van der Waals surface area contributed by atoms with Crippen LogP contribution in [0.3, 0.4) is 0 Å². The molecular weight excluding hydrogens is 542 g/mol. The third kappa shape index (κ3) is 7.08. The van der Waals surface area contributed by atoms with Crippen molar-refractivity contribution in [3.8, 4) is 0 Å². The summed E-state index contributed by atoms with van der Waals surface area (Å²) in [5.41, 5.74) is -0.628. The van der Waals surface area contributed by atoms with E-state index < -0.39 is 47.6 Å². The van der Waals surface area contributed by atoms with Gasteiger partial charge in [-0.1, -0.05) is 30.1 Å². The average molecular weight is 582 g/mol. The second-order valence-electron chi connectivity index (χ2n) is 11.6. The maximum Gasteiger partial charge on any atom is 0.408 e. The van der Waals surface area contributed by atoms with Gasteiger partial charge in [-0.2, -0.15) is 0 Å². The lowest BCUT2D eigenvalue weighted by atomic mass is 10.0. The molecule has 12 heteroatoms. The highest BCUT2D eigenvalue weighted by atomic mass is 16.6. The highest BCUT2D eigenvalue weighted by Crippen LogP contribution is 2.45. The molecule has 3 amide bonds. The fraction of sp³-hybridized carbons (Fsp3) is 0.600. The summed E-state index contributed by atoms with van der Waals surface area (Å²) in [5, 5.41) is 19.6. The Morgan fingerprint density at radius 1 is 1.10 bits per heavy atom. The number of pyridine rings is 1. The van der Waals surface area contributed by atoms with E-state index in [0.717, 1.165) is 50.5 Å². The van der Waals surface area contributed by atoms with Crippen LogP contribution in [0, 0.1) is 5.92 Å². The summed E-state index contributed by atoms with van der Waals surface area (Å²) in [7, 11) is 0. The molecule has 0 bridgehead atoms. The zero-order valence-corrected chi connectivity index (χ0v) is 23.7. The molecule has 5 rings (SSSR count). The van der Waals surface area contributed by atoms with Gasteiger partial charge in [0.25, 0.3) is 0 Å². The van der Waals surface area contributed by atoms with E-state index in [1.165, 1.54) is 11.1 Å². The number of aliphatic carboxylic acids is 1. The van der Waals surface area contributed by atoms with E-state index in [-0.39, 0.29) is 25.0 Å². The third-order valence-electron chi connectivity index (χ3n) is 8.61. The number of carboxylic acid groups (broad SMARTS) is 1. The Bertz CT molecular complexity index is 1200. The lowest BCUT2D eigenvalue weighted by Gasteiger charge is -2.29. The zero-order chi connectivity index (χ0) is 29.5. The van der Waals surface area contributed by atoms with Crippen LogP contribution >= 0.6 is 0 Å². The van der Waals surface area contributed by atoms with Gasteiger partial charge in [0, 0.05) is 24.7 Å². The zero-order valence-electron chi connectivity index (χ0n) is 23.7. The van der Waals surface area contributed by atoms with Crippen molar-refractivity contribution in [2.75, 3.05) is 6.54 Å². The Hall–Kier alpha value is -3.96. The van der Waals surface area contributed by atoms with Crippen LogP contribution in [0.1, 0.15) is 76.2 Å². The fourth-order valence-electron chi connectivity index (χ4n) is 6.10. The molecule has 5 atom stereocenters. The SMILES string of the molecule is O=C(N[C@H]1CCCCC/C=C\[C@@H]2CC2(C(=O)O)NC(=O)[C@@H]2C[C@@H](O/N=C/c3ccncc3)CN2C1=O)OC1CCCC1. The number of alkyl carbamates (subject to hydrolysis) is 1. The second-order valence-corrected chi connectivity index (χ2v) is 11.6. The van der Waals surface area contributed by atoms with E-state index in [1.54, 1.807) is 24.5 Å². The van der Waals surface area contributed by atoms with Crippen molar-refractivity contribution in [1.82, 2.24) is 20.5 Å². The summed E-state index contributed by atoms with van der Waals surface area (Å²) < 4.78 is 5.57. The Kier molecular flexibility index (Phi) is 9.38. The van der Waals surface area contributed by atoms with Gasteiger partial charge in [-0.15, -0.1) is 0 Å². The monoisotopic (exact) mass is 581 g/mol. The Morgan fingerprint density at radius 2 is 1.86 bits per heavy atom. The molecule has 1 unspecified atom stereocenters. The molecule has 0 aromatic carbocycles. The predicted molar refractivity (Wildman–Crippen MR) is 151 cm³/mol. The number of fused-ring (bicyclic) bond motifs is 2. The smallest absolute Gasteiger partial charge is 0.408 e. The number of carboxylic acids is 1. The number of ether oxygens (including phenoxy) is 1. The summed E-state index contributed by atoms with van der Waals surface area (Å²) in [5.74, 6) is -2.40.